The molecule has 17 heavy (non-hydrogen) atoms. The quantitative estimate of drug-likeness (QED) is 0.799. The normalized spacial score (nSPS) is 12.3. The van der Waals surface area contributed by atoms with Crippen LogP contribution >= 0.6 is 34.5 Å². The van der Waals surface area contributed by atoms with Crippen molar-refractivity contribution in [2.24, 2.45) is 0 Å². The van der Waals surface area contributed by atoms with Crippen molar-refractivity contribution < 1.29 is 8.42 Å². The molecule has 1 heterocycles. The first-order valence-electron chi connectivity index (χ1n) is 5.38. The first-order chi connectivity index (χ1) is 7.93. The van der Waals surface area contributed by atoms with Crippen molar-refractivity contribution in [2.45, 2.75) is 31.6 Å². The fourth-order valence-electron chi connectivity index (χ4n) is 1.42. The Labute approximate surface area is 116 Å². The van der Waals surface area contributed by atoms with E-state index in [1.807, 2.05) is 13.8 Å². The van der Waals surface area contributed by atoms with Crippen LogP contribution in [0.3, 0.4) is 0 Å². The van der Waals surface area contributed by atoms with Gasteiger partial charge >= 0.3 is 0 Å². The Morgan fingerprint density at radius 3 is 2.41 bits per heavy atom. The van der Waals surface area contributed by atoms with Crippen LogP contribution in [0.5, 0.6) is 0 Å². The fraction of sp³-hybridized carbons (Fsp3) is 0.600. The van der Waals surface area contributed by atoms with Gasteiger partial charge in [-0.15, -0.1) is 11.3 Å². The van der Waals surface area contributed by atoms with Gasteiger partial charge in [-0.3, -0.25) is 0 Å². The molecule has 3 nitrogen and oxygen atoms in total. The van der Waals surface area contributed by atoms with Gasteiger partial charge in [-0.05, 0) is 12.5 Å². The summed E-state index contributed by atoms with van der Waals surface area (Å²) in [6.07, 6.45) is 1.78. The average Bonchev–Trinajstić information content (AvgIpc) is 2.59. The van der Waals surface area contributed by atoms with E-state index in [-0.39, 0.29) is 9.23 Å². The number of halogens is 2. The molecular weight excluding hydrogens is 301 g/mol. The summed E-state index contributed by atoms with van der Waals surface area (Å²) < 4.78 is 26.6. The Kier molecular flexibility index (Phi) is 5.73. The van der Waals surface area contributed by atoms with Crippen LogP contribution in [-0.2, 0) is 10.0 Å². The van der Waals surface area contributed by atoms with Gasteiger partial charge in [0.15, 0.2) is 0 Å². The van der Waals surface area contributed by atoms with Gasteiger partial charge in [0.25, 0.3) is 0 Å². The lowest BCUT2D eigenvalue weighted by atomic mass is 10.3. The third-order valence-corrected chi connectivity index (χ3v) is 6.08. The van der Waals surface area contributed by atoms with Gasteiger partial charge in [0.2, 0.25) is 10.0 Å². The maximum atomic E-state index is 12.3. The van der Waals surface area contributed by atoms with Crippen LogP contribution in [0.1, 0.15) is 26.7 Å². The third-order valence-electron chi connectivity index (χ3n) is 2.36. The van der Waals surface area contributed by atoms with E-state index >= 15 is 0 Å². The Hall–Kier alpha value is 0.190. The molecule has 1 rings (SSSR count). The third kappa shape index (κ3) is 3.58. The first-order valence-corrected chi connectivity index (χ1v) is 8.39. The Bertz CT molecular complexity index is 471. The zero-order valence-corrected chi connectivity index (χ0v) is 12.9. The van der Waals surface area contributed by atoms with E-state index in [2.05, 4.69) is 0 Å². The number of sulfonamides is 1. The van der Waals surface area contributed by atoms with Crippen LogP contribution in [0.15, 0.2) is 11.0 Å². The van der Waals surface area contributed by atoms with Crippen LogP contribution in [-0.4, -0.2) is 25.8 Å². The smallest absolute Gasteiger partial charge is 0.207 e. The average molecular weight is 316 g/mol. The Morgan fingerprint density at radius 1 is 1.35 bits per heavy atom. The zero-order chi connectivity index (χ0) is 13.1. The van der Waals surface area contributed by atoms with Crippen LogP contribution in [0.2, 0.25) is 8.67 Å². The molecule has 0 amide bonds. The molecule has 0 aromatic carbocycles. The number of hydrogen-bond acceptors (Lipinski definition) is 3. The molecule has 0 unspecified atom stereocenters. The predicted molar refractivity (Wildman–Crippen MR) is 73.7 cm³/mol. The molecule has 0 aliphatic heterocycles. The predicted octanol–water partition coefficient (Wildman–Crippen LogP) is 3.87. The molecule has 0 atom stereocenters. The van der Waals surface area contributed by atoms with Gasteiger partial charge in [-0.25, -0.2) is 8.42 Å². The van der Waals surface area contributed by atoms with Gasteiger partial charge in [-0.2, -0.15) is 4.31 Å². The standard InChI is InChI=1S/C10H15Cl2NO2S2/c1-3-5-6-13(4-2)17(14,15)8-7-9(11)16-10(8)12/h7H,3-6H2,1-2H3. The zero-order valence-electron chi connectivity index (χ0n) is 9.74. The van der Waals surface area contributed by atoms with E-state index in [1.165, 1.54) is 10.4 Å². The molecule has 0 radical (unpaired) electrons. The van der Waals surface area contributed by atoms with Crippen LogP contribution in [0, 0.1) is 0 Å². The molecule has 0 saturated carbocycles. The lowest BCUT2D eigenvalue weighted by Gasteiger charge is -2.19. The van der Waals surface area contributed by atoms with E-state index < -0.39 is 10.0 Å². The van der Waals surface area contributed by atoms with Crippen LogP contribution in [0.25, 0.3) is 0 Å². The topological polar surface area (TPSA) is 37.4 Å². The highest BCUT2D eigenvalue weighted by atomic mass is 35.5. The second kappa shape index (κ2) is 6.38. The van der Waals surface area contributed by atoms with E-state index in [1.54, 1.807) is 0 Å². The Morgan fingerprint density at radius 2 is 2.00 bits per heavy atom. The van der Waals surface area contributed by atoms with Crippen LogP contribution < -0.4 is 0 Å². The number of thiophene rings is 1. The first kappa shape index (κ1) is 15.2. The van der Waals surface area contributed by atoms with Gasteiger partial charge in [0.1, 0.15) is 9.23 Å². The molecule has 0 bridgehead atoms. The molecular formula is C10H15Cl2NO2S2. The van der Waals surface area contributed by atoms with Crippen molar-refractivity contribution in [1.82, 2.24) is 4.31 Å². The number of rotatable bonds is 6. The summed E-state index contributed by atoms with van der Waals surface area (Å²) in [5, 5.41) is 0. The van der Waals surface area contributed by atoms with Crippen molar-refractivity contribution in [3.63, 3.8) is 0 Å². The monoisotopic (exact) mass is 315 g/mol. The highest BCUT2D eigenvalue weighted by molar-refractivity contribution is 7.89. The van der Waals surface area contributed by atoms with E-state index in [0.717, 1.165) is 24.2 Å². The summed E-state index contributed by atoms with van der Waals surface area (Å²) >= 11 is 12.7. The van der Waals surface area contributed by atoms with Crippen LogP contribution in [0.4, 0.5) is 0 Å². The Balaban J connectivity index is 3.04. The number of nitrogens with zero attached hydrogens (tertiary/aromatic N) is 1. The minimum absolute atomic E-state index is 0.118. The largest absolute Gasteiger partial charge is 0.245 e. The second-order valence-corrected chi connectivity index (χ2v) is 7.73. The molecule has 0 spiro atoms. The molecule has 1 aromatic rings. The molecule has 1 aromatic heterocycles. The molecule has 0 N–H and O–H groups in total. The summed E-state index contributed by atoms with van der Waals surface area (Å²) in [4.78, 5) is 0.118. The minimum atomic E-state index is -3.51. The van der Waals surface area contributed by atoms with Crippen molar-refractivity contribution in [3.05, 3.63) is 14.7 Å². The van der Waals surface area contributed by atoms with Crippen molar-refractivity contribution in [1.29, 1.82) is 0 Å². The fourth-order valence-corrected chi connectivity index (χ4v) is 5.02. The van der Waals surface area contributed by atoms with E-state index in [9.17, 15) is 8.42 Å². The second-order valence-electron chi connectivity index (χ2n) is 3.54. The lowest BCUT2D eigenvalue weighted by molar-refractivity contribution is 0.419. The van der Waals surface area contributed by atoms with E-state index in [0.29, 0.717) is 17.4 Å². The molecule has 0 aliphatic rings. The maximum Gasteiger partial charge on any atom is 0.245 e. The highest BCUT2D eigenvalue weighted by Crippen LogP contribution is 2.35. The maximum absolute atomic E-state index is 12.3. The van der Waals surface area contributed by atoms with Gasteiger partial charge in [0, 0.05) is 13.1 Å². The summed E-state index contributed by atoms with van der Waals surface area (Å²) in [7, 11) is -3.51. The minimum Gasteiger partial charge on any atom is -0.207 e. The highest BCUT2D eigenvalue weighted by Gasteiger charge is 2.26. The molecule has 98 valence electrons. The summed E-state index contributed by atoms with van der Waals surface area (Å²) in [5.74, 6) is 0. The molecule has 0 fully saturated rings. The number of hydrogen-bond donors (Lipinski definition) is 0. The summed E-state index contributed by atoms with van der Waals surface area (Å²) in [6.45, 7) is 4.79. The number of unbranched alkanes of at least 4 members (excludes halogenated alkanes) is 1. The molecule has 7 heteroatoms. The van der Waals surface area contributed by atoms with Crippen molar-refractivity contribution in [2.75, 3.05) is 13.1 Å². The van der Waals surface area contributed by atoms with Gasteiger partial charge in [0.05, 0.1) is 4.34 Å². The van der Waals surface area contributed by atoms with Crippen molar-refractivity contribution >= 4 is 44.6 Å². The lowest BCUT2D eigenvalue weighted by Crippen LogP contribution is -2.31. The molecule has 0 saturated heterocycles. The van der Waals surface area contributed by atoms with Gasteiger partial charge in [-0.1, -0.05) is 43.5 Å². The van der Waals surface area contributed by atoms with Crippen molar-refractivity contribution in [3.8, 4) is 0 Å². The van der Waals surface area contributed by atoms with E-state index in [4.69, 9.17) is 23.2 Å². The summed E-state index contributed by atoms with van der Waals surface area (Å²) in [5.41, 5.74) is 0. The van der Waals surface area contributed by atoms with Gasteiger partial charge < -0.3 is 0 Å². The summed E-state index contributed by atoms with van der Waals surface area (Å²) in [6, 6.07) is 1.42. The molecule has 0 aliphatic carbocycles. The SMILES string of the molecule is CCCCN(CC)S(=O)(=O)c1cc(Cl)sc1Cl.